The quantitative estimate of drug-likeness (QED) is 0.912. The second-order valence-electron chi connectivity index (χ2n) is 5.31. The molecule has 2 unspecified atom stereocenters. The van der Waals surface area contributed by atoms with Crippen molar-refractivity contribution in [2.45, 2.75) is 43.8 Å². The van der Waals surface area contributed by atoms with Gasteiger partial charge in [-0.1, -0.05) is 29.3 Å². The highest BCUT2D eigenvalue weighted by Crippen LogP contribution is 2.44. The van der Waals surface area contributed by atoms with Crippen molar-refractivity contribution in [2.75, 3.05) is 0 Å². The van der Waals surface area contributed by atoms with E-state index >= 15 is 0 Å². The van der Waals surface area contributed by atoms with E-state index in [1.165, 1.54) is 0 Å². The average molecular weight is 299 g/mol. The van der Waals surface area contributed by atoms with E-state index in [0.29, 0.717) is 28.9 Å². The molecule has 0 spiro atoms. The minimum atomic E-state index is -0.185. The lowest BCUT2D eigenvalue weighted by Gasteiger charge is -2.41. The SMILES string of the molecule is NC1CCC(=O)N(C2CC2)C1c1c(Cl)cccc1Cl. The highest BCUT2D eigenvalue weighted by atomic mass is 35.5. The van der Waals surface area contributed by atoms with Crippen LogP contribution in [0.4, 0.5) is 0 Å². The van der Waals surface area contributed by atoms with Gasteiger partial charge in [0.15, 0.2) is 0 Å². The lowest BCUT2D eigenvalue weighted by Crippen LogP contribution is -2.50. The summed E-state index contributed by atoms with van der Waals surface area (Å²) in [5.74, 6) is 0.171. The summed E-state index contributed by atoms with van der Waals surface area (Å²) < 4.78 is 0. The van der Waals surface area contributed by atoms with Gasteiger partial charge >= 0.3 is 0 Å². The van der Waals surface area contributed by atoms with Crippen molar-refractivity contribution in [1.82, 2.24) is 4.90 Å². The van der Waals surface area contributed by atoms with E-state index in [1.54, 1.807) is 12.1 Å². The van der Waals surface area contributed by atoms with E-state index in [9.17, 15) is 4.79 Å². The van der Waals surface area contributed by atoms with Gasteiger partial charge in [0, 0.05) is 34.1 Å². The Morgan fingerprint density at radius 2 is 1.79 bits per heavy atom. The summed E-state index contributed by atoms with van der Waals surface area (Å²) in [6.45, 7) is 0. The Bertz CT molecular complexity index is 496. The average Bonchev–Trinajstić information content (AvgIpc) is 3.17. The van der Waals surface area contributed by atoms with Gasteiger partial charge in [-0.3, -0.25) is 4.79 Å². The molecule has 0 bridgehead atoms. The fourth-order valence-electron chi connectivity index (χ4n) is 2.87. The smallest absolute Gasteiger partial charge is 0.223 e. The molecule has 1 aliphatic carbocycles. The first-order valence-electron chi connectivity index (χ1n) is 6.60. The molecule has 2 atom stereocenters. The van der Waals surface area contributed by atoms with Crippen LogP contribution < -0.4 is 5.73 Å². The second-order valence-corrected chi connectivity index (χ2v) is 6.13. The number of nitrogens with zero attached hydrogens (tertiary/aromatic N) is 1. The minimum absolute atomic E-state index is 0.101. The van der Waals surface area contributed by atoms with Crippen LogP contribution in [0.1, 0.15) is 37.3 Å². The molecule has 1 amide bonds. The van der Waals surface area contributed by atoms with Crippen molar-refractivity contribution in [2.24, 2.45) is 5.73 Å². The van der Waals surface area contributed by atoms with E-state index in [1.807, 2.05) is 11.0 Å². The summed E-state index contributed by atoms with van der Waals surface area (Å²) in [5, 5.41) is 1.18. The zero-order valence-electron chi connectivity index (χ0n) is 10.5. The Hall–Kier alpha value is -0.770. The number of hydrogen-bond donors (Lipinski definition) is 1. The van der Waals surface area contributed by atoms with E-state index < -0.39 is 0 Å². The van der Waals surface area contributed by atoms with Crippen molar-refractivity contribution in [3.63, 3.8) is 0 Å². The number of carbonyl (C=O) groups excluding carboxylic acids is 1. The van der Waals surface area contributed by atoms with Crippen molar-refractivity contribution < 1.29 is 4.79 Å². The van der Waals surface area contributed by atoms with Gasteiger partial charge in [-0.15, -0.1) is 0 Å². The van der Waals surface area contributed by atoms with Gasteiger partial charge in [-0.2, -0.15) is 0 Å². The van der Waals surface area contributed by atoms with Gasteiger partial charge in [-0.05, 0) is 31.4 Å². The molecule has 1 aromatic rings. The highest BCUT2D eigenvalue weighted by Gasteiger charge is 2.44. The fraction of sp³-hybridized carbons (Fsp3) is 0.500. The van der Waals surface area contributed by atoms with Crippen LogP contribution in [-0.2, 0) is 4.79 Å². The Labute approximate surface area is 122 Å². The fourth-order valence-corrected chi connectivity index (χ4v) is 3.49. The molecule has 1 saturated heterocycles. The molecule has 3 rings (SSSR count). The second kappa shape index (κ2) is 4.97. The maximum atomic E-state index is 12.2. The van der Waals surface area contributed by atoms with Crippen LogP contribution in [0, 0.1) is 0 Å². The summed E-state index contributed by atoms with van der Waals surface area (Å²) >= 11 is 12.6. The number of halogens is 2. The number of rotatable bonds is 2. The zero-order valence-corrected chi connectivity index (χ0v) is 12.0. The molecular formula is C14H16Cl2N2O. The Morgan fingerprint density at radius 1 is 1.16 bits per heavy atom. The minimum Gasteiger partial charge on any atom is -0.331 e. The molecule has 2 fully saturated rings. The number of nitrogens with two attached hydrogens (primary N) is 1. The van der Waals surface area contributed by atoms with Crippen LogP contribution in [0.15, 0.2) is 18.2 Å². The van der Waals surface area contributed by atoms with E-state index in [4.69, 9.17) is 28.9 Å². The molecule has 1 aliphatic heterocycles. The first-order valence-corrected chi connectivity index (χ1v) is 7.36. The third-order valence-electron chi connectivity index (χ3n) is 3.92. The van der Waals surface area contributed by atoms with Crippen LogP contribution >= 0.6 is 23.2 Å². The summed E-state index contributed by atoms with van der Waals surface area (Å²) in [4.78, 5) is 14.1. The van der Waals surface area contributed by atoms with Crippen LogP contribution in [0.2, 0.25) is 10.0 Å². The summed E-state index contributed by atoms with van der Waals surface area (Å²) in [6, 6.07) is 5.45. The summed E-state index contributed by atoms with van der Waals surface area (Å²) in [5.41, 5.74) is 7.06. The van der Waals surface area contributed by atoms with Crippen LogP contribution in [0.3, 0.4) is 0 Å². The Balaban J connectivity index is 2.05. The molecule has 0 aromatic heterocycles. The molecule has 102 valence electrons. The Kier molecular flexibility index (Phi) is 3.46. The predicted octanol–water partition coefficient (Wildman–Crippen LogP) is 3.15. The van der Waals surface area contributed by atoms with Crippen LogP contribution in [0.25, 0.3) is 0 Å². The van der Waals surface area contributed by atoms with Gasteiger partial charge in [-0.25, -0.2) is 0 Å². The molecule has 1 aromatic carbocycles. The number of piperidine rings is 1. The first-order chi connectivity index (χ1) is 9.09. The van der Waals surface area contributed by atoms with Gasteiger partial charge < -0.3 is 10.6 Å². The molecule has 5 heteroatoms. The predicted molar refractivity (Wildman–Crippen MR) is 76.3 cm³/mol. The highest BCUT2D eigenvalue weighted by molar-refractivity contribution is 6.36. The topological polar surface area (TPSA) is 46.3 Å². The largest absolute Gasteiger partial charge is 0.331 e. The molecule has 2 aliphatic rings. The number of benzene rings is 1. The van der Waals surface area contributed by atoms with E-state index in [-0.39, 0.29) is 18.0 Å². The van der Waals surface area contributed by atoms with Crippen molar-refractivity contribution in [1.29, 1.82) is 0 Å². The molecule has 1 heterocycles. The number of amides is 1. The van der Waals surface area contributed by atoms with Crippen LogP contribution in [0.5, 0.6) is 0 Å². The molecule has 0 radical (unpaired) electrons. The van der Waals surface area contributed by atoms with E-state index in [0.717, 1.165) is 18.4 Å². The first kappa shape index (κ1) is 13.2. The third-order valence-corrected chi connectivity index (χ3v) is 4.58. The molecular weight excluding hydrogens is 283 g/mol. The molecule has 19 heavy (non-hydrogen) atoms. The number of likely N-dealkylation sites (tertiary alicyclic amines) is 1. The maximum Gasteiger partial charge on any atom is 0.223 e. The summed E-state index contributed by atoms with van der Waals surface area (Å²) in [7, 11) is 0. The van der Waals surface area contributed by atoms with E-state index in [2.05, 4.69) is 0 Å². The molecule has 2 N–H and O–H groups in total. The standard InChI is InChI=1S/C14H16Cl2N2O/c15-9-2-1-3-10(16)13(9)14-11(17)6-7-12(19)18(14)8-4-5-8/h1-3,8,11,14H,4-7,17H2. The maximum absolute atomic E-state index is 12.2. The van der Waals surface area contributed by atoms with Gasteiger partial charge in [0.25, 0.3) is 0 Å². The third kappa shape index (κ3) is 2.35. The van der Waals surface area contributed by atoms with Gasteiger partial charge in [0.05, 0.1) is 6.04 Å². The monoisotopic (exact) mass is 298 g/mol. The van der Waals surface area contributed by atoms with Crippen molar-refractivity contribution in [3.05, 3.63) is 33.8 Å². The number of carbonyl (C=O) groups is 1. The number of hydrogen-bond acceptors (Lipinski definition) is 2. The lowest BCUT2D eigenvalue weighted by molar-refractivity contribution is -0.138. The summed E-state index contributed by atoms with van der Waals surface area (Å²) in [6.07, 6.45) is 3.32. The van der Waals surface area contributed by atoms with Gasteiger partial charge in [0.1, 0.15) is 0 Å². The van der Waals surface area contributed by atoms with Crippen molar-refractivity contribution in [3.8, 4) is 0 Å². The normalized spacial score (nSPS) is 27.7. The zero-order chi connectivity index (χ0) is 13.6. The molecule has 1 saturated carbocycles. The lowest BCUT2D eigenvalue weighted by atomic mass is 9.90. The van der Waals surface area contributed by atoms with Crippen LogP contribution in [-0.4, -0.2) is 22.9 Å². The van der Waals surface area contributed by atoms with Crippen molar-refractivity contribution >= 4 is 29.1 Å². The molecule has 3 nitrogen and oxygen atoms in total. The van der Waals surface area contributed by atoms with Gasteiger partial charge in [0.2, 0.25) is 5.91 Å². The Morgan fingerprint density at radius 3 is 2.37 bits per heavy atom.